The number of carbonyl (C=O) groups excluding carboxylic acids is 1. The standard InChI is InChI=1S/C10H11FN2O3S/c11-17(15,16)9-4-10(14)13(7-9)6-8-2-1-3-12-5-8/h1-3,5,9H,4,6-7H2. The highest BCUT2D eigenvalue weighted by Gasteiger charge is 2.38. The molecule has 1 aliphatic rings. The van der Waals surface area contributed by atoms with E-state index < -0.39 is 15.5 Å². The number of rotatable bonds is 3. The lowest BCUT2D eigenvalue weighted by Crippen LogP contribution is -2.26. The number of amides is 1. The second-order valence-corrected chi connectivity index (χ2v) is 5.56. The molecule has 1 unspecified atom stereocenters. The molecule has 0 aromatic carbocycles. The molecule has 2 heterocycles. The number of pyridine rings is 1. The Bertz CT molecular complexity index is 518. The fourth-order valence-corrected chi connectivity index (χ4v) is 2.49. The predicted octanol–water partition coefficient (Wildman–Crippen LogP) is 0.482. The first kappa shape index (κ1) is 12.0. The monoisotopic (exact) mass is 258 g/mol. The number of aromatic nitrogens is 1. The van der Waals surface area contributed by atoms with Gasteiger partial charge in [-0.05, 0) is 11.6 Å². The van der Waals surface area contributed by atoms with Gasteiger partial charge < -0.3 is 4.90 Å². The predicted molar refractivity (Wildman–Crippen MR) is 58.1 cm³/mol. The Labute approximate surface area is 98.5 Å². The summed E-state index contributed by atoms with van der Waals surface area (Å²) in [6.45, 7) is 0.172. The topological polar surface area (TPSA) is 67.3 Å². The normalized spacial score (nSPS) is 20.9. The molecule has 0 radical (unpaired) electrons. The summed E-state index contributed by atoms with van der Waals surface area (Å²) in [5, 5.41) is -1.23. The summed E-state index contributed by atoms with van der Waals surface area (Å²) in [7, 11) is -4.64. The lowest BCUT2D eigenvalue weighted by Gasteiger charge is -2.15. The van der Waals surface area contributed by atoms with Gasteiger partial charge in [-0.15, -0.1) is 3.89 Å². The van der Waals surface area contributed by atoms with E-state index in [0.717, 1.165) is 5.56 Å². The first-order valence-electron chi connectivity index (χ1n) is 5.07. The minimum Gasteiger partial charge on any atom is -0.337 e. The summed E-state index contributed by atoms with van der Waals surface area (Å²) in [5.41, 5.74) is 0.790. The van der Waals surface area contributed by atoms with E-state index in [-0.39, 0.29) is 25.4 Å². The van der Waals surface area contributed by atoms with Gasteiger partial charge in [-0.3, -0.25) is 9.78 Å². The third-order valence-corrected chi connectivity index (χ3v) is 3.79. The first-order valence-corrected chi connectivity index (χ1v) is 6.51. The van der Waals surface area contributed by atoms with E-state index in [0.29, 0.717) is 0 Å². The molecule has 0 aliphatic carbocycles. The molecular formula is C10H11FN2O3S. The maximum absolute atomic E-state index is 12.8. The number of halogens is 1. The molecule has 1 amide bonds. The molecular weight excluding hydrogens is 247 g/mol. The molecule has 0 bridgehead atoms. The molecule has 1 fully saturated rings. The minimum absolute atomic E-state index is 0.0907. The highest BCUT2D eigenvalue weighted by molar-refractivity contribution is 7.87. The molecule has 5 nitrogen and oxygen atoms in total. The van der Waals surface area contributed by atoms with Gasteiger partial charge in [0.1, 0.15) is 5.25 Å². The number of nitrogens with zero attached hydrogens (tertiary/aromatic N) is 2. The lowest BCUT2D eigenvalue weighted by atomic mass is 10.3. The molecule has 17 heavy (non-hydrogen) atoms. The van der Waals surface area contributed by atoms with Crippen molar-refractivity contribution in [2.45, 2.75) is 18.2 Å². The van der Waals surface area contributed by atoms with Gasteiger partial charge in [-0.1, -0.05) is 6.07 Å². The Morgan fingerprint density at radius 1 is 1.53 bits per heavy atom. The van der Waals surface area contributed by atoms with Crippen molar-refractivity contribution in [1.29, 1.82) is 0 Å². The van der Waals surface area contributed by atoms with Crippen molar-refractivity contribution in [3.63, 3.8) is 0 Å². The van der Waals surface area contributed by atoms with Gasteiger partial charge in [-0.25, -0.2) is 0 Å². The highest BCUT2D eigenvalue weighted by atomic mass is 32.3. The molecule has 1 aromatic heterocycles. The van der Waals surface area contributed by atoms with Crippen LogP contribution in [0.1, 0.15) is 12.0 Å². The van der Waals surface area contributed by atoms with Crippen molar-refractivity contribution < 1.29 is 17.1 Å². The van der Waals surface area contributed by atoms with Crippen LogP contribution in [0.2, 0.25) is 0 Å². The molecule has 92 valence electrons. The van der Waals surface area contributed by atoms with Crippen molar-refractivity contribution in [2.75, 3.05) is 6.54 Å². The largest absolute Gasteiger partial charge is 0.337 e. The van der Waals surface area contributed by atoms with Crippen LogP contribution in [-0.4, -0.2) is 36.0 Å². The van der Waals surface area contributed by atoms with Crippen LogP contribution in [0, 0.1) is 0 Å². The van der Waals surface area contributed by atoms with Gasteiger partial charge in [0, 0.05) is 31.9 Å². The van der Waals surface area contributed by atoms with E-state index in [1.807, 2.05) is 0 Å². The molecule has 1 atom stereocenters. The van der Waals surface area contributed by atoms with Crippen molar-refractivity contribution >= 4 is 16.1 Å². The van der Waals surface area contributed by atoms with Gasteiger partial charge in [0.25, 0.3) is 0 Å². The SMILES string of the molecule is O=C1CC(S(=O)(=O)F)CN1Cc1cccnc1. The fourth-order valence-electron chi connectivity index (χ4n) is 1.79. The molecule has 0 saturated carbocycles. The maximum Gasteiger partial charge on any atom is 0.307 e. The van der Waals surface area contributed by atoms with Crippen LogP contribution in [0.15, 0.2) is 24.5 Å². The Morgan fingerprint density at radius 2 is 2.29 bits per heavy atom. The zero-order chi connectivity index (χ0) is 12.5. The Morgan fingerprint density at radius 3 is 2.82 bits per heavy atom. The molecule has 0 N–H and O–H groups in total. The van der Waals surface area contributed by atoms with Crippen LogP contribution in [0.5, 0.6) is 0 Å². The molecule has 1 aromatic rings. The zero-order valence-electron chi connectivity index (χ0n) is 8.91. The Kier molecular flexibility index (Phi) is 3.10. The van der Waals surface area contributed by atoms with E-state index in [4.69, 9.17) is 0 Å². The van der Waals surface area contributed by atoms with Crippen molar-refractivity contribution in [1.82, 2.24) is 9.88 Å². The third-order valence-electron chi connectivity index (χ3n) is 2.67. The van der Waals surface area contributed by atoms with Crippen LogP contribution in [-0.2, 0) is 21.6 Å². The van der Waals surface area contributed by atoms with Crippen LogP contribution < -0.4 is 0 Å². The molecule has 7 heteroatoms. The summed E-state index contributed by atoms with van der Waals surface area (Å²) in [4.78, 5) is 16.7. The Hall–Kier alpha value is -1.50. The summed E-state index contributed by atoms with van der Waals surface area (Å²) >= 11 is 0. The van der Waals surface area contributed by atoms with E-state index in [1.165, 1.54) is 4.90 Å². The summed E-state index contributed by atoms with van der Waals surface area (Å²) in [6, 6.07) is 3.50. The smallest absolute Gasteiger partial charge is 0.307 e. The van der Waals surface area contributed by atoms with E-state index in [2.05, 4.69) is 4.98 Å². The minimum atomic E-state index is -4.64. The lowest BCUT2D eigenvalue weighted by molar-refractivity contribution is -0.128. The Balaban J connectivity index is 2.07. The highest BCUT2D eigenvalue weighted by Crippen LogP contribution is 2.21. The molecule has 2 rings (SSSR count). The van der Waals surface area contributed by atoms with Crippen molar-refractivity contribution in [3.05, 3.63) is 30.1 Å². The second kappa shape index (κ2) is 4.40. The first-order chi connectivity index (χ1) is 7.97. The van der Waals surface area contributed by atoms with E-state index in [9.17, 15) is 17.1 Å². The average molecular weight is 258 g/mol. The van der Waals surface area contributed by atoms with Crippen LogP contribution in [0.25, 0.3) is 0 Å². The number of hydrogen-bond donors (Lipinski definition) is 0. The molecule has 0 spiro atoms. The van der Waals surface area contributed by atoms with Gasteiger partial charge in [-0.2, -0.15) is 8.42 Å². The van der Waals surface area contributed by atoms with Crippen LogP contribution >= 0.6 is 0 Å². The average Bonchev–Trinajstić information content (AvgIpc) is 2.62. The summed E-state index contributed by atoms with van der Waals surface area (Å²) in [5.74, 6) is -0.347. The van der Waals surface area contributed by atoms with E-state index >= 15 is 0 Å². The zero-order valence-corrected chi connectivity index (χ0v) is 9.73. The molecule has 1 aliphatic heterocycles. The fraction of sp³-hybridized carbons (Fsp3) is 0.400. The maximum atomic E-state index is 12.8. The van der Waals surface area contributed by atoms with Gasteiger partial charge in [0.15, 0.2) is 0 Å². The van der Waals surface area contributed by atoms with Gasteiger partial charge in [0.2, 0.25) is 5.91 Å². The van der Waals surface area contributed by atoms with Crippen LogP contribution in [0.3, 0.4) is 0 Å². The second-order valence-electron chi connectivity index (χ2n) is 3.94. The number of hydrogen-bond acceptors (Lipinski definition) is 4. The third kappa shape index (κ3) is 2.79. The molecule has 1 saturated heterocycles. The van der Waals surface area contributed by atoms with Gasteiger partial charge in [0.05, 0.1) is 0 Å². The number of carbonyl (C=O) groups is 1. The summed E-state index contributed by atoms with van der Waals surface area (Å²) < 4.78 is 34.2. The van der Waals surface area contributed by atoms with Crippen molar-refractivity contribution in [3.8, 4) is 0 Å². The van der Waals surface area contributed by atoms with Crippen molar-refractivity contribution in [2.24, 2.45) is 0 Å². The number of likely N-dealkylation sites (tertiary alicyclic amines) is 1. The quantitative estimate of drug-likeness (QED) is 0.740. The summed E-state index contributed by atoms with van der Waals surface area (Å²) in [6.07, 6.45) is 2.91. The van der Waals surface area contributed by atoms with Crippen LogP contribution in [0.4, 0.5) is 3.89 Å². The van der Waals surface area contributed by atoms with E-state index in [1.54, 1.807) is 24.5 Å². The van der Waals surface area contributed by atoms with Gasteiger partial charge >= 0.3 is 10.2 Å².